The van der Waals surface area contributed by atoms with E-state index in [1.54, 1.807) is 0 Å². The van der Waals surface area contributed by atoms with E-state index in [4.69, 9.17) is 0 Å². The standard InChI is InChI=1S/C18H26N4/c1-6-22(7-2)18-12-17(19-14(5)20-18)21-16-10-8-15(9-11-16)13(3)4/h8-13H,6-7H2,1-5H3,(H,19,20,21). The van der Waals surface area contributed by atoms with E-state index in [0.717, 1.165) is 36.2 Å². The lowest BCUT2D eigenvalue weighted by Crippen LogP contribution is -2.23. The van der Waals surface area contributed by atoms with Crippen LogP contribution in [0.15, 0.2) is 30.3 Å². The fourth-order valence-corrected chi connectivity index (χ4v) is 2.42. The monoisotopic (exact) mass is 298 g/mol. The van der Waals surface area contributed by atoms with Crippen LogP contribution in [0.5, 0.6) is 0 Å². The van der Waals surface area contributed by atoms with Gasteiger partial charge in [0.25, 0.3) is 0 Å². The van der Waals surface area contributed by atoms with Crippen molar-refractivity contribution in [2.45, 2.75) is 40.5 Å². The number of aryl methyl sites for hydroxylation is 1. The molecule has 0 spiro atoms. The Morgan fingerprint density at radius 1 is 1.05 bits per heavy atom. The summed E-state index contributed by atoms with van der Waals surface area (Å²) in [6, 6.07) is 10.5. The summed E-state index contributed by atoms with van der Waals surface area (Å²) in [5.41, 5.74) is 2.39. The molecule has 118 valence electrons. The van der Waals surface area contributed by atoms with Crippen LogP contribution in [0.2, 0.25) is 0 Å². The molecule has 0 aliphatic rings. The highest BCUT2D eigenvalue weighted by Gasteiger charge is 2.08. The maximum absolute atomic E-state index is 4.53. The third-order valence-corrected chi connectivity index (χ3v) is 3.76. The van der Waals surface area contributed by atoms with Crippen LogP contribution >= 0.6 is 0 Å². The van der Waals surface area contributed by atoms with Gasteiger partial charge in [-0.3, -0.25) is 0 Å². The van der Waals surface area contributed by atoms with E-state index >= 15 is 0 Å². The van der Waals surface area contributed by atoms with Gasteiger partial charge in [-0.15, -0.1) is 0 Å². The maximum atomic E-state index is 4.53. The minimum Gasteiger partial charge on any atom is -0.357 e. The van der Waals surface area contributed by atoms with Gasteiger partial charge in [0.2, 0.25) is 0 Å². The molecule has 0 bridgehead atoms. The second-order valence-electron chi connectivity index (χ2n) is 5.73. The summed E-state index contributed by atoms with van der Waals surface area (Å²) in [5, 5.41) is 3.38. The number of anilines is 3. The zero-order chi connectivity index (χ0) is 16.1. The molecule has 0 atom stereocenters. The van der Waals surface area contributed by atoms with Gasteiger partial charge < -0.3 is 10.2 Å². The molecule has 0 saturated heterocycles. The molecule has 0 aliphatic heterocycles. The predicted octanol–water partition coefficient (Wildman–Crippen LogP) is 4.50. The number of hydrogen-bond acceptors (Lipinski definition) is 4. The number of nitrogens with one attached hydrogen (secondary N) is 1. The Bertz CT molecular complexity index is 601. The molecule has 2 aromatic rings. The van der Waals surface area contributed by atoms with Crippen molar-refractivity contribution in [2.75, 3.05) is 23.3 Å². The van der Waals surface area contributed by atoms with Gasteiger partial charge >= 0.3 is 0 Å². The highest BCUT2D eigenvalue weighted by molar-refractivity contribution is 5.60. The van der Waals surface area contributed by atoms with Gasteiger partial charge in [-0.1, -0.05) is 26.0 Å². The van der Waals surface area contributed by atoms with Crippen LogP contribution < -0.4 is 10.2 Å². The van der Waals surface area contributed by atoms with Crippen molar-refractivity contribution in [3.8, 4) is 0 Å². The molecule has 0 unspecified atom stereocenters. The Labute approximate surface area is 133 Å². The highest BCUT2D eigenvalue weighted by Crippen LogP contribution is 2.22. The third kappa shape index (κ3) is 3.97. The van der Waals surface area contributed by atoms with E-state index in [1.165, 1.54) is 5.56 Å². The van der Waals surface area contributed by atoms with Crippen LogP contribution in [0, 0.1) is 6.92 Å². The summed E-state index contributed by atoms with van der Waals surface area (Å²) in [4.78, 5) is 11.2. The van der Waals surface area contributed by atoms with Crippen molar-refractivity contribution in [3.05, 3.63) is 41.7 Å². The summed E-state index contributed by atoms with van der Waals surface area (Å²) in [6.07, 6.45) is 0. The summed E-state index contributed by atoms with van der Waals surface area (Å²) in [6.45, 7) is 12.5. The minimum absolute atomic E-state index is 0.546. The number of hydrogen-bond donors (Lipinski definition) is 1. The van der Waals surface area contributed by atoms with E-state index < -0.39 is 0 Å². The summed E-state index contributed by atoms with van der Waals surface area (Å²) in [7, 11) is 0. The first-order valence-corrected chi connectivity index (χ1v) is 8.01. The highest BCUT2D eigenvalue weighted by atomic mass is 15.2. The van der Waals surface area contributed by atoms with E-state index in [2.05, 4.69) is 72.1 Å². The van der Waals surface area contributed by atoms with Crippen molar-refractivity contribution in [2.24, 2.45) is 0 Å². The minimum atomic E-state index is 0.546. The Morgan fingerprint density at radius 2 is 1.68 bits per heavy atom. The second kappa shape index (κ2) is 7.25. The molecule has 0 saturated carbocycles. The Balaban J connectivity index is 2.22. The average Bonchev–Trinajstić information content (AvgIpc) is 2.48. The number of rotatable bonds is 6. The average molecular weight is 298 g/mol. The molecule has 0 amide bonds. The predicted molar refractivity (Wildman–Crippen MR) is 94.1 cm³/mol. The topological polar surface area (TPSA) is 41.0 Å². The van der Waals surface area contributed by atoms with Crippen molar-refractivity contribution in [1.82, 2.24) is 9.97 Å². The normalized spacial score (nSPS) is 10.8. The third-order valence-electron chi connectivity index (χ3n) is 3.76. The Hall–Kier alpha value is -2.10. The van der Waals surface area contributed by atoms with Crippen LogP contribution in [0.1, 0.15) is 45.0 Å². The molecule has 1 aromatic carbocycles. The first-order valence-electron chi connectivity index (χ1n) is 8.01. The SMILES string of the molecule is CCN(CC)c1cc(Nc2ccc(C(C)C)cc2)nc(C)n1. The maximum Gasteiger partial charge on any atom is 0.136 e. The fraction of sp³-hybridized carbons (Fsp3) is 0.444. The number of benzene rings is 1. The van der Waals surface area contributed by atoms with Crippen LogP contribution in [0.3, 0.4) is 0 Å². The molecule has 4 heteroatoms. The first-order chi connectivity index (χ1) is 10.5. The van der Waals surface area contributed by atoms with Gasteiger partial charge in [0, 0.05) is 24.8 Å². The lowest BCUT2D eigenvalue weighted by Gasteiger charge is -2.20. The van der Waals surface area contributed by atoms with Gasteiger partial charge in [0.05, 0.1) is 0 Å². The number of nitrogens with zero attached hydrogens (tertiary/aromatic N) is 3. The molecule has 2 rings (SSSR count). The summed E-state index contributed by atoms with van der Waals surface area (Å²) < 4.78 is 0. The Morgan fingerprint density at radius 3 is 2.23 bits per heavy atom. The molecule has 0 fully saturated rings. The summed E-state index contributed by atoms with van der Waals surface area (Å²) >= 11 is 0. The smallest absolute Gasteiger partial charge is 0.136 e. The van der Waals surface area contributed by atoms with E-state index in [9.17, 15) is 0 Å². The van der Waals surface area contributed by atoms with Gasteiger partial charge in [-0.2, -0.15) is 0 Å². The molecule has 0 radical (unpaired) electrons. The zero-order valence-corrected chi connectivity index (χ0v) is 14.2. The molecular formula is C18H26N4. The van der Waals surface area contributed by atoms with Gasteiger partial charge in [0.15, 0.2) is 0 Å². The largest absolute Gasteiger partial charge is 0.357 e. The van der Waals surface area contributed by atoms with E-state index in [-0.39, 0.29) is 0 Å². The quantitative estimate of drug-likeness (QED) is 0.852. The van der Waals surface area contributed by atoms with Crippen LogP contribution in [0.25, 0.3) is 0 Å². The van der Waals surface area contributed by atoms with Crippen molar-refractivity contribution in [3.63, 3.8) is 0 Å². The first kappa shape index (κ1) is 16.3. The molecular weight excluding hydrogens is 272 g/mol. The molecule has 22 heavy (non-hydrogen) atoms. The zero-order valence-electron chi connectivity index (χ0n) is 14.2. The Kier molecular flexibility index (Phi) is 5.36. The fourth-order valence-electron chi connectivity index (χ4n) is 2.42. The molecule has 1 aromatic heterocycles. The van der Waals surface area contributed by atoms with Crippen molar-refractivity contribution >= 4 is 17.3 Å². The lowest BCUT2D eigenvalue weighted by molar-refractivity contribution is 0.835. The molecule has 0 aliphatic carbocycles. The second-order valence-corrected chi connectivity index (χ2v) is 5.73. The van der Waals surface area contributed by atoms with E-state index in [0.29, 0.717) is 5.92 Å². The molecule has 4 nitrogen and oxygen atoms in total. The number of aromatic nitrogens is 2. The van der Waals surface area contributed by atoms with Crippen molar-refractivity contribution in [1.29, 1.82) is 0 Å². The van der Waals surface area contributed by atoms with Gasteiger partial charge in [-0.05, 0) is 44.4 Å². The lowest BCUT2D eigenvalue weighted by atomic mass is 10.0. The van der Waals surface area contributed by atoms with Crippen LogP contribution in [-0.2, 0) is 0 Å². The molecule has 1 heterocycles. The van der Waals surface area contributed by atoms with Crippen molar-refractivity contribution < 1.29 is 0 Å². The summed E-state index contributed by atoms with van der Waals surface area (Å²) in [5.74, 6) is 3.14. The van der Waals surface area contributed by atoms with Gasteiger partial charge in [0.1, 0.15) is 17.5 Å². The van der Waals surface area contributed by atoms with Gasteiger partial charge in [-0.25, -0.2) is 9.97 Å². The van der Waals surface area contributed by atoms with E-state index in [1.807, 2.05) is 13.0 Å². The molecule has 1 N–H and O–H groups in total. The van der Waals surface area contributed by atoms with Crippen LogP contribution in [0.4, 0.5) is 17.3 Å². The van der Waals surface area contributed by atoms with Crippen LogP contribution in [-0.4, -0.2) is 23.1 Å².